The summed E-state index contributed by atoms with van der Waals surface area (Å²) in [5, 5.41) is 0. The highest BCUT2D eigenvalue weighted by atomic mass is 16.5. The molecule has 31 heavy (non-hydrogen) atoms. The third kappa shape index (κ3) is 4.50. The molecule has 2 saturated heterocycles. The van der Waals surface area contributed by atoms with E-state index in [0.29, 0.717) is 24.2 Å². The minimum atomic E-state index is -0.602. The summed E-state index contributed by atoms with van der Waals surface area (Å²) in [7, 11) is 0. The number of carbonyl (C=O) groups is 4. The predicted molar refractivity (Wildman–Crippen MR) is 115 cm³/mol. The molecule has 2 aromatic carbocycles. The highest BCUT2D eigenvalue weighted by Crippen LogP contribution is 2.26. The van der Waals surface area contributed by atoms with Gasteiger partial charge in [0.25, 0.3) is 0 Å². The van der Waals surface area contributed by atoms with Crippen molar-refractivity contribution in [1.29, 1.82) is 0 Å². The van der Waals surface area contributed by atoms with E-state index in [4.69, 9.17) is 4.74 Å². The first-order valence-corrected chi connectivity index (χ1v) is 10.4. The molecule has 0 spiro atoms. The Bertz CT molecular complexity index is 1030. The summed E-state index contributed by atoms with van der Waals surface area (Å²) in [4.78, 5) is 52.5. The van der Waals surface area contributed by atoms with Crippen LogP contribution in [0.3, 0.4) is 0 Å². The van der Waals surface area contributed by atoms with Gasteiger partial charge in [-0.2, -0.15) is 0 Å². The van der Waals surface area contributed by atoms with Crippen LogP contribution in [0.2, 0.25) is 0 Å². The maximum absolute atomic E-state index is 12.5. The van der Waals surface area contributed by atoms with Gasteiger partial charge in [-0.1, -0.05) is 29.8 Å². The summed E-state index contributed by atoms with van der Waals surface area (Å²) in [5.41, 5.74) is 2.89. The standard InChI is InChI=1S/C24H24N2O5/c1-16-7-9-19(10-8-16)26-14-18(13-23(26)29)24(30)31-15-21(27)17-4-2-5-20(12-17)25-11-3-6-22(25)28/h2,4-5,7-10,12,18H,3,6,11,13-15H2,1H3/t18-/m0/s1. The summed E-state index contributed by atoms with van der Waals surface area (Å²) in [5.74, 6) is -1.60. The van der Waals surface area contributed by atoms with Gasteiger partial charge in [-0.05, 0) is 37.6 Å². The fourth-order valence-corrected chi connectivity index (χ4v) is 3.95. The Kier molecular flexibility index (Phi) is 5.84. The first kappa shape index (κ1) is 20.8. The molecule has 2 aliphatic heterocycles. The van der Waals surface area contributed by atoms with Gasteiger partial charge in [-0.15, -0.1) is 0 Å². The van der Waals surface area contributed by atoms with Crippen LogP contribution in [0.5, 0.6) is 0 Å². The van der Waals surface area contributed by atoms with Crippen LogP contribution >= 0.6 is 0 Å². The molecule has 7 heteroatoms. The van der Waals surface area contributed by atoms with Crippen LogP contribution in [-0.2, 0) is 19.1 Å². The summed E-state index contributed by atoms with van der Waals surface area (Å²) in [6.45, 7) is 2.44. The Balaban J connectivity index is 1.34. The van der Waals surface area contributed by atoms with E-state index in [9.17, 15) is 19.2 Å². The van der Waals surface area contributed by atoms with Gasteiger partial charge < -0.3 is 14.5 Å². The fraction of sp³-hybridized carbons (Fsp3) is 0.333. The molecule has 160 valence electrons. The largest absolute Gasteiger partial charge is 0.457 e. The molecule has 0 radical (unpaired) electrons. The van der Waals surface area contributed by atoms with Crippen LogP contribution in [0.4, 0.5) is 11.4 Å². The number of benzene rings is 2. The van der Waals surface area contributed by atoms with E-state index in [0.717, 1.165) is 17.7 Å². The van der Waals surface area contributed by atoms with Crippen LogP contribution in [0.15, 0.2) is 48.5 Å². The van der Waals surface area contributed by atoms with Gasteiger partial charge in [0.05, 0.1) is 5.92 Å². The van der Waals surface area contributed by atoms with Crippen LogP contribution in [0.1, 0.15) is 35.2 Å². The second-order valence-electron chi connectivity index (χ2n) is 7.97. The van der Waals surface area contributed by atoms with Crippen molar-refractivity contribution in [3.63, 3.8) is 0 Å². The van der Waals surface area contributed by atoms with Crippen molar-refractivity contribution in [2.75, 3.05) is 29.5 Å². The summed E-state index contributed by atoms with van der Waals surface area (Å²) < 4.78 is 5.23. The molecule has 1 atom stereocenters. The number of rotatable bonds is 6. The van der Waals surface area contributed by atoms with Gasteiger partial charge in [0.15, 0.2) is 12.4 Å². The number of hydrogen-bond acceptors (Lipinski definition) is 5. The molecule has 0 N–H and O–H groups in total. The Morgan fingerprint density at radius 3 is 2.48 bits per heavy atom. The fourth-order valence-electron chi connectivity index (χ4n) is 3.95. The van der Waals surface area contributed by atoms with Crippen molar-refractivity contribution < 1.29 is 23.9 Å². The molecule has 2 amide bonds. The number of ketones is 1. The topological polar surface area (TPSA) is 84.0 Å². The summed E-state index contributed by atoms with van der Waals surface area (Å²) in [6.07, 6.45) is 1.37. The average molecular weight is 420 g/mol. The Morgan fingerprint density at radius 1 is 1.00 bits per heavy atom. The maximum Gasteiger partial charge on any atom is 0.311 e. The lowest BCUT2D eigenvalue weighted by atomic mass is 10.1. The predicted octanol–water partition coefficient (Wildman–Crippen LogP) is 2.90. The van der Waals surface area contributed by atoms with E-state index in [2.05, 4.69) is 0 Å². The zero-order chi connectivity index (χ0) is 22.0. The molecule has 2 aliphatic rings. The number of ether oxygens (including phenoxy) is 1. The Labute approximate surface area is 180 Å². The number of anilines is 2. The third-order valence-corrected chi connectivity index (χ3v) is 5.70. The third-order valence-electron chi connectivity index (χ3n) is 5.70. The number of aryl methyl sites for hydroxylation is 1. The van der Waals surface area contributed by atoms with Crippen molar-refractivity contribution in [2.24, 2.45) is 5.92 Å². The molecule has 2 heterocycles. The number of Topliss-reactive ketones (excluding diaryl/α,β-unsaturated/α-hetero) is 1. The van der Waals surface area contributed by atoms with Crippen molar-refractivity contribution >= 4 is 34.9 Å². The van der Waals surface area contributed by atoms with Gasteiger partial charge in [0.2, 0.25) is 11.8 Å². The number of nitrogens with zero attached hydrogens (tertiary/aromatic N) is 2. The maximum atomic E-state index is 12.5. The van der Waals surface area contributed by atoms with Gasteiger partial charge in [0, 0.05) is 42.9 Å². The smallest absolute Gasteiger partial charge is 0.311 e. The molecule has 0 saturated carbocycles. The first-order chi connectivity index (χ1) is 14.9. The normalized spacial score (nSPS) is 18.5. The van der Waals surface area contributed by atoms with Crippen LogP contribution in [0, 0.1) is 12.8 Å². The molecule has 0 aliphatic carbocycles. The van der Waals surface area contributed by atoms with E-state index in [1.54, 1.807) is 34.1 Å². The highest BCUT2D eigenvalue weighted by Gasteiger charge is 2.36. The molecule has 7 nitrogen and oxygen atoms in total. The second-order valence-corrected chi connectivity index (χ2v) is 7.97. The summed E-state index contributed by atoms with van der Waals surface area (Å²) in [6, 6.07) is 14.3. The lowest BCUT2D eigenvalue weighted by Gasteiger charge is -2.17. The molecule has 2 fully saturated rings. The quantitative estimate of drug-likeness (QED) is 0.530. The van der Waals surface area contributed by atoms with Crippen molar-refractivity contribution in [3.8, 4) is 0 Å². The SMILES string of the molecule is Cc1ccc(N2C[C@@H](C(=O)OCC(=O)c3cccc(N4CCCC4=O)c3)CC2=O)cc1. The van der Waals surface area contributed by atoms with Crippen LogP contribution in [-0.4, -0.2) is 43.3 Å². The highest BCUT2D eigenvalue weighted by molar-refractivity contribution is 6.02. The van der Waals surface area contributed by atoms with Gasteiger partial charge in [-0.25, -0.2) is 0 Å². The van der Waals surface area contributed by atoms with E-state index in [1.165, 1.54) is 0 Å². The van der Waals surface area contributed by atoms with Crippen molar-refractivity contribution in [3.05, 3.63) is 59.7 Å². The van der Waals surface area contributed by atoms with Crippen molar-refractivity contribution in [2.45, 2.75) is 26.2 Å². The first-order valence-electron chi connectivity index (χ1n) is 10.4. The lowest BCUT2D eigenvalue weighted by Crippen LogP contribution is -2.27. The molecule has 0 aromatic heterocycles. The van der Waals surface area contributed by atoms with Gasteiger partial charge in [-0.3, -0.25) is 19.2 Å². The van der Waals surface area contributed by atoms with Gasteiger partial charge in [0.1, 0.15) is 0 Å². The van der Waals surface area contributed by atoms with E-state index in [1.807, 2.05) is 31.2 Å². The number of carbonyl (C=O) groups excluding carboxylic acids is 4. The van der Waals surface area contributed by atoms with Crippen LogP contribution < -0.4 is 9.80 Å². The van der Waals surface area contributed by atoms with Gasteiger partial charge >= 0.3 is 5.97 Å². The minimum Gasteiger partial charge on any atom is -0.457 e. The Morgan fingerprint density at radius 2 is 1.77 bits per heavy atom. The number of amides is 2. The summed E-state index contributed by atoms with van der Waals surface area (Å²) >= 11 is 0. The zero-order valence-electron chi connectivity index (χ0n) is 17.4. The molecular formula is C24H24N2O5. The van der Waals surface area contributed by atoms with E-state index < -0.39 is 18.5 Å². The Hall–Kier alpha value is -3.48. The van der Waals surface area contributed by atoms with E-state index in [-0.39, 0.29) is 30.6 Å². The minimum absolute atomic E-state index is 0.0417. The molecular weight excluding hydrogens is 396 g/mol. The molecule has 0 unspecified atom stereocenters. The number of hydrogen-bond donors (Lipinski definition) is 0. The van der Waals surface area contributed by atoms with Crippen LogP contribution in [0.25, 0.3) is 0 Å². The van der Waals surface area contributed by atoms with E-state index >= 15 is 0 Å². The molecule has 4 rings (SSSR count). The second kappa shape index (κ2) is 8.71. The van der Waals surface area contributed by atoms with Crippen molar-refractivity contribution in [1.82, 2.24) is 0 Å². The number of esters is 1. The lowest BCUT2D eigenvalue weighted by molar-refractivity contribution is -0.147. The average Bonchev–Trinajstić information content (AvgIpc) is 3.38. The zero-order valence-corrected chi connectivity index (χ0v) is 17.4. The monoisotopic (exact) mass is 420 g/mol. The molecule has 0 bridgehead atoms. The molecule has 2 aromatic rings.